The van der Waals surface area contributed by atoms with E-state index in [9.17, 15) is 0 Å². The number of rotatable bonds is 0. The van der Waals surface area contributed by atoms with Crippen molar-refractivity contribution in [2.45, 2.75) is 0 Å². The van der Waals surface area contributed by atoms with Crippen LogP contribution in [0.5, 0.6) is 0 Å². The number of halogens is 1. The SMILES string of the molecule is C1=Cc2ccccc2C=C[I-]1. The van der Waals surface area contributed by atoms with E-state index in [0.29, 0.717) is 0 Å². The van der Waals surface area contributed by atoms with Gasteiger partial charge in [0.2, 0.25) is 0 Å². The Bertz CT molecular complexity index is 279. The molecule has 1 aromatic carbocycles. The third-order valence-corrected chi connectivity index (χ3v) is 3.18. The molecule has 0 nitrogen and oxygen atoms in total. The van der Waals surface area contributed by atoms with Gasteiger partial charge in [0.1, 0.15) is 0 Å². The Morgan fingerprint density at radius 3 is 1.91 bits per heavy atom. The van der Waals surface area contributed by atoms with Gasteiger partial charge in [0.25, 0.3) is 0 Å². The Balaban J connectivity index is 2.58. The normalized spacial score (nSPS) is 14.9. The van der Waals surface area contributed by atoms with E-state index in [1.54, 1.807) is 0 Å². The molecular formula is C10H8I-. The Morgan fingerprint density at radius 2 is 1.36 bits per heavy atom. The second-order valence-electron chi connectivity index (χ2n) is 2.34. The van der Waals surface area contributed by atoms with Gasteiger partial charge in [0.15, 0.2) is 0 Å². The van der Waals surface area contributed by atoms with Crippen molar-refractivity contribution >= 4 is 12.2 Å². The number of fused-ring (bicyclic) bond motifs is 1. The molecule has 0 aliphatic carbocycles. The molecule has 1 aliphatic heterocycles. The van der Waals surface area contributed by atoms with Crippen LogP contribution in [0.1, 0.15) is 11.1 Å². The summed E-state index contributed by atoms with van der Waals surface area (Å²) >= 11 is 0.178. The summed E-state index contributed by atoms with van der Waals surface area (Å²) in [4.78, 5) is 0. The van der Waals surface area contributed by atoms with E-state index in [4.69, 9.17) is 0 Å². The van der Waals surface area contributed by atoms with Crippen molar-refractivity contribution < 1.29 is 21.2 Å². The molecule has 0 atom stereocenters. The Kier molecular flexibility index (Phi) is 2.08. The van der Waals surface area contributed by atoms with E-state index >= 15 is 0 Å². The summed E-state index contributed by atoms with van der Waals surface area (Å²) in [5.41, 5.74) is 2.70. The van der Waals surface area contributed by atoms with Crippen molar-refractivity contribution in [2.75, 3.05) is 0 Å². The first-order valence-electron chi connectivity index (χ1n) is 3.51. The zero-order valence-electron chi connectivity index (χ0n) is 6.00. The molecule has 0 saturated carbocycles. The fourth-order valence-corrected chi connectivity index (χ4v) is 2.49. The molecule has 2 rings (SSSR count). The molecule has 1 heteroatoms. The van der Waals surface area contributed by atoms with Crippen molar-refractivity contribution in [3.63, 3.8) is 0 Å². The summed E-state index contributed by atoms with van der Waals surface area (Å²) in [5, 5.41) is 0. The fourth-order valence-electron chi connectivity index (χ4n) is 1.06. The fraction of sp³-hybridized carbons (Fsp3) is 0. The Hall–Kier alpha value is -0.570. The molecular weight excluding hydrogens is 247 g/mol. The topological polar surface area (TPSA) is 0 Å². The molecule has 0 aromatic heterocycles. The molecule has 0 N–H and O–H groups in total. The van der Waals surface area contributed by atoms with Gasteiger partial charge >= 0.3 is 76.9 Å². The monoisotopic (exact) mass is 255 g/mol. The van der Waals surface area contributed by atoms with Crippen LogP contribution in [-0.4, -0.2) is 0 Å². The van der Waals surface area contributed by atoms with Crippen LogP contribution in [-0.2, 0) is 0 Å². The molecule has 11 heavy (non-hydrogen) atoms. The first-order chi connectivity index (χ1) is 5.47. The molecule has 0 bridgehead atoms. The second kappa shape index (κ2) is 3.22. The average molecular weight is 255 g/mol. The maximum absolute atomic E-state index is 2.29. The molecule has 56 valence electrons. The number of hydrogen-bond acceptors (Lipinski definition) is 0. The van der Waals surface area contributed by atoms with E-state index < -0.39 is 0 Å². The molecule has 1 heterocycles. The van der Waals surface area contributed by atoms with Gasteiger partial charge in [0.05, 0.1) is 0 Å². The van der Waals surface area contributed by atoms with Crippen molar-refractivity contribution in [1.82, 2.24) is 0 Å². The van der Waals surface area contributed by atoms with Gasteiger partial charge in [-0.2, -0.15) is 0 Å². The van der Waals surface area contributed by atoms with Crippen LogP contribution in [0, 0.1) is 0 Å². The van der Waals surface area contributed by atoms with E-state index in [0.717, 1.165) is 0 Å². The van der Waals surface area contributed by atoms with E-state index in [-0.39, 0.29) is 21.2 Å². The van der Waals surface area contributed by atoms with E-state index in [1.165, 1.54) is 11.1 Å². The van der Waals surface area contributed by atoms with Crippen LogP contribution in [0.4, 0.5) is 0 Å². The first-order valence-corrected chi connectivity index (χ1v) is 6.00. The maximum atomic E-state index is 2.29. The molecule has 0 unspecified atom stereocenters. The van der Waals surface area contributed by atoms with Crippen molar-refractivity contribution in [2.24, 2.45) is 0 Å². The van der Waals surface area contributed by atoms with Gasteiger partial charge in [-0.25, -0.2) is 0 Å². The predicted molar refractivity (Wildman–Crippen MR) is 44.5 cm³/mol. The van der Waals surface area contributed by atoms with Crippen molar-refractivity contribution in [3.05, 3.63) is 43.6 Å². The van der Waals surface area contributed by atoms with Crippen molar-refractivity contribution in [3.8, 4) is 0 Å². The molecule has 1 aromatic rings. The van der Waals surface area contributed by atoms with Gasteiger partial charge in [-0.05, 0) is 0 Å². The predicted octanol–water partition coefficient (Wildman–Crippen LogP) is -0.269. The van der Waals surface area contributed by atoms with Crippen LogP contribution in [0.25, 0.3) is 12.2 Å². The molecule has 0 radical (unpaired) electrons. The third kappa shape index (κ3) is 1.53. The molecule has 0 spiro atoms. The Morgan fingerprint density at radius 1 is 0.818 bits per heavy atom. The number of benzene rings is 1. The minimum absolute atomic E-state index is 0.178. The van der Waals surface area contributed by atoms with Gasteiger partial charge in [-0.15, -0.1) is 0 Å². The van der Waals surface area contributed by atoms with E-state index in [1.807, 2.05) is 0 Å². The summed E-state index contributed by atoms with van der Waals surface area (Å²) in [5.74, 6) is 0. The second-order valence-corrected chi connectivity index (χ2v) is 4.50. The van der Waals surface area contributed by atoms with Crippen LogP contribution in [0.3, 0.4) is 0 Å². The van der Waals surface area contributed by atoms with Gasteiger partial charge in [-0.3, -0.25) is 0 Å². The summed E-state index contributed by atoms with van der Waals surface area (Å²) < 4.78 is 4.59. The van der Waals surface area contributed by atoms with Gasteiger partial charge in [0, 0.05) is 0 Å². The molecule has 0 amide bonds. The minimum atomic E-state index is 0.178. The summed E-state index contributed by atoms with van der Waals surface area (Å²) in [6, 6.07) is 8.48. The third-order valence-electron chi connectivity index (χ3n) is 1.63. The summed E-state index contributed by atoms with van der Waals surface area (Å²) in [7, 11) is 0. The summed E-state index contributed by atoms with van der Waals surface area (Å²) in [6.45, 7) is 0. The quantitative estimate of drug-likeness (QED) is 0.560. The molecule has 1 aliphatic rings. The standard InChI is InChI=1S/C10H8I/c1-2-4-10-6-8-11-7-5-9(10)3-1/h1-8H/q-1. The van der Waals surface area contributed by atoms with Crippen LogP contribution >= 0.6 is 0 Å². The van der Waals surface area contributed by atoms with Crippen LogP contribution in [0.2, 0.25) is 0 Å². The molecule has 0 fully saturated rings. The van der Waals surface area contributed by atoms with Crippen molar-refractivity contribution in [1.29, 1.82) is 0 Å². The zero-order chi connectivity index (χ0) is 7.52. The number of hydrogen-bond donors (Lipinski definition) is 0. The van der Waals surface area contributed by atoms with Crippen LogP contribution < -0.4 is 21.2 Å². The van der Waals surface area contributed by atoms with Gasteiger partial charge in [-0.1, -0.05) is 0 Å². The molecule has 0 saturated heterocycles. The van der Waals surface area contributed by atoms with Gasteiger partial charge < -0.3 is 0 Å². The van der Waals surface area contributed by atoms with E-state index in [2.05, 4.69) is 44.6 Å². The van der Waals surface area contributed by atoms with Crippen LogP contribution in [0.15, 0.2) is 32.4 Å². The average Bonchev–Trinajstić information content (AvgIpc) is 2.28. The zero-order valence-corrected chi connectivity index (χ0v) is 8.15. The Labute approximate surface area is 76.9 Å². The first kappa shape index (κ1) is 7.10. The summed E-state index contributed by atoms with van der Waals surface area (Å²) in [6.07, 6.45) is 4.45.